The molecule has 180 valence electrons. The largest absolute Gasteiger partial charge is 0.595 e. The lowest BCUT2D eigenvalue weighted by Gasteiger charge is -2.36. The van der Waals surface area contributed by atoms with E-state index < -0.39 is 16.1 Å². The van der Waals surface area contributed by atoms with Crippen molar-refractivity contribution in [3.05, 3.63) is 119 Å². The van der Waals surface area contributed by atoms with Crippen LogP contribution < -0.4 is 10.1 Å². The quantitative estimate of drug-likeness (QED) is 0.327. The summed E-state index contributed by atoms with van der Waals surface area (Å²) in [6.45, 7) is 0. The fraction of sp³-hybridized carbons (Fsp3) is 0.200. The minimum Gasteiger partial charge on any atom is -0.595 e. The van der Waals surface area contributed by atoms with Gasteiger partial charge in [0.2, 0.25) is 11.8 Å². The zero-order chi connectivity index (χ0) is 24.9. The van der Waals surface area contributed by atoms with Crippen LogP contribution in [0.5, 0.6) is 0 Å². The Labute approximate surface area is 209 Å². The third-order valence-electron chi connectivity index (χ3n) is 8.12. The lowest BCUT2D eigenvalue weighted by Crippen LogP contribution is -2.99. The lowest BCUT2D eigenvalue weighted by molar-refractivity contribution is -0.990. The average Bonchev–Trinajstić information content (AvgIpc) is 3.35. The number of carbonyl (C=O) groups excluding carboxylic acids is 2. The van der Waals surface area contributed by atoms with Crippen LogP contribution in [0.15, 0.2) is 103 Å². The Bertz CT molecular complexity index is 1330. The van der Waals surface area contributed by atoms with Crippen LogP contribution in [0, 0.1) is 16.0 Å². The molecule has 36 heavy (non-hydrogen) atoms. The number of hydrogen-bond donors (Lipinski definition) is 2. The SMILES string of the molecule is O=C1N(c2ccccc2[NH+]([O-])O)C(=O)[C@]23CC=CC[C@]12CC(=C(c1ccccc1)c1ccccc1)C3. The third kappa shape index (κ3) is 3.09. The Balaban J connectivity index is 1.53. The molecule has 1 saturated carbocycles. The van der Waals surface area contributed by atoms with Gasteiger partial charge >= 0.3 is 0 Å². The van der Waals surface area contributed by atoms with Crippen LogP contribution in [0.2, 0.25) is 0 Å². The van der Waals surface area contributed by atoms with Crippen LogP contribution in [0.3, 0.4) is 0 Å². The molecule has 3 aromatic carbocycles. The Morgan fingerprint density at radius 1 is 0.750 bits per heavy atom. The van der Waals surface area contributed by atoms with E-state index >= 15 is 0 Å². The van der Waals surface area contributed by atoms with E-state index in [4.69, 9.17) is 0 Å². The molecule has 6 nitrogen and oxygen atoms in total. The van der Waals surface area contributed by atoms with Gasteiger partial charge in [-0.25, -0.2) is 10.1 Å². The summed E-state index contributed by atoms with van der Waals surface area (Å²) in [5.74, 6) is -0.581. The van der Waals surface area contributed by atoms with Crippen LogP contribution >= 0.6 is 0 Å². The van der Waals surface area contributed by atoms with Gasteiger partial charge in [-0.15, -0.1) is 0 Å². The molecule has 3 aliphatic rings. The molecule has 6 heteroatoms. The fourth-order valence-electron chi connectivity index (χ4n) is 6.52. The highest BCUT2D eigenvalue weighted by molar-refractivity contribution is 6.27. The van der Waals surface area contributed by atoms with Gasteiger partial charge in [-0.3, -0.25) is 9.59 Å². The van der Waals surface area contributed by atoms with Gasteiger partial charge in [0.1, 0.15) is 5.69 Å². The second kappa shape index (κ2) is 8.38. The molecule has 1 aliphatic heterocycles. The van der Waals surface area contributed by atoms with Crippen molar-refractivity contribution in [1.29, 1.82) is 0 Å². The van der Waals surface area contributed by atoms with E-state index in [0.717, 1.165) is 27.2 Å². The second-order valence-corrected chi connectivity index (χ2v) is 9.88. The molecule has 2 aliphatic carbocycles. The van der Waals surface area contributed by atoms with Crippen molar-refractivity contribution in [2.45, 2.75) is 25.7 Å². The first-order chi connectivity index (χ1) is 17.5. The van der Waals surface area contributed by atoms with Crippen LogP contribution in [-0.4, -0.2) is 17.0 Å². The molecule has 6 rings (SSSR count). The first-order valence-electron chi connectivity index (χ1n) is 12.2. The molecule has 2 amide bonds. The van der Waals surface area contributed by atoms with E-state index in [1.54, 1.807) is 18.2 Å². The highest BCUT2D eigenvalue weighted by atomic mass is 16.8. The number of nitrogens with one attached hydrogen (secondary N) is 1. The number of allylic oxidation sites excluding steroid dienone is 3. The molecule has 0 radical (unpaired) electrons. The third-order valence-corrected chi connectivity index (χ3v) is 8.12. The van der Waals surface area contributed by atoms with E-state index in [1.807, 2.05) is 48.6 Å². The monoisotopic (exact) mass is 478 g/mol. The summed E-state index contributed by atoms with van der Waals surface area (Å²) in [6.07, 6.45) is 5.86. The van der Waals surface area contributed by atoms with Gasteiger partial charge in [0, 0.05) is 6.07 Å². The number of amides is 2. The van der Waals surface area contributed by atoms with Gasteiger partial charge in [-0.05, 0) is 48.4 Å². The Hall–Kier alpha value is -3.84. The summed E-state index contributed by atoms with van der Waals surface area (Å²) >= 11 is 0. The van der Waals surface area contributed by atoms with Crippen LogP contribution in [0.25, 0.3) is 5.57 Å². The summed E-state index contributed by atoms with van der Waals surface area (Å²) in [7, 11) is 0. The molecule has 1 heterocycles. The molecule has 2 fully saturated rings. The van der Waals surface area contributed by atoms with Gasteiger partial charge in [-0.2, -0.15) is 5.23 Å². The highest BCUT2D eigenvalue weighted by Gasteiger charge is 2.72. The first kappa shape index (κ1) is 22.6. The first-order valence-corrected chi connectivity index (χ1v) is 12.2. The number of carbonyl (C=O) groups is 2. The van der Waals surface area contributed by atoms with Gasteiger partial charge in [0.15, 0.2) is 5.69 Å². The maximum Gasteiger partial charge on any atom is 0.241 e. The lowest BCUT2D eigenvalue weighted by atomic mass is 9.61. The summed E-state index contributed by atoms with van der Waals surface area (Å²) in [5.41, 5.74) is 2.57. The predicted octanol–water partition coefficient (Wildman–Crippen LogP) is 4.58. The normalized spacial score (nSPS) is 25.6. The maximum atomic E-state index is 14.2. The number of benzene rings is 3. The Morgan fingerprint density at radius 2 is 1.22 bits per heavy atom. The topological polar surface area (TPSA) is 85.1 Å². The standard InChI is InChI=1S/C30H26N2O4/c33-27-29-17-9-10-18-30(29,28(34)31(27)24-15-7-8-16-25(24)32(35)36)20-23(19-29)26(21-11-3-1-4-12-21)22-13-5-2-6-14-22/h1-16,32,35H,17-20H2/t29-,30+. The van der Waals surface area contributed by atoms with Crippen molar-refractivity contribution in [2.24, 2.45) is 10.8 Å². The van der Waals surface area contributed by atoms with Crippen LogP contribution in [0.4, 0.5) is 11.4 Å². The summed E-state index contributed by atoms with van der Waals surface area (Å²) in [6, 6.07) is 26.5. The molecule has 0 bridgehead atoms. The molecule has 0 spiro atoms. The highest BCUT2D eigenvalue weighted by Crippen LogP contribution is 2.67. The van der Waals surface area contributed by atoms with Crippen molar-refractivity contribution < 1.29 is 20.0 Å². The van der Waals surface area contributed by atoms with Crippen LogP contribution in [0.1, 0.15) is 36.8 Å². The molecule has 1 saturated heterocycles. The van der Waals surface area contributed by atoms with E-state index in [2.05, 4.69) is 24.3 Å². The minimum atomic E-state index is -1.16. The molecule has 3 aromatic rings. The minimum absolute atomic E-state index is 0.0401. The van der Waals surface area contributed by atoms with Crippen molar-refractivity contribution in [3.63, 3.8) is 0 Å². The van der Waals surface area contributed by atoms with E-state index in [1.165, 1.54) is 6.07 Å². The van der Waals surface area contributed by atoms with Crippen molar-refractivity contribution in [2.75, 3.05) is 4.90 Å². The summed E-state index contributed by atoms with van der Waals surface area (Å²) in [5, 5.41) is 20.5. The number of para-hydroxylation sites is 2. The van der Waals surface area contributed by atoms with Gasteiger partial charge in [0.05, 0.1) is 10.8 Å². The van der Waals surface area contributed by atoms with Gasteiger partial charge < -0.3 is 5.21 Å². The Morgan fingerprint density at radius 3 is 1.72 bits per heavy atom. The number of imide groups is 1. The van der Waals surface area contributed by atoms with Crippen LogP contribution in [-0.2, 0) is 9.59 Å². The second-order valence-electron chi connectivity index (χ2n) is 9.88. The zero-order valence-corrected chi connectivity index (χ0v) is 19.7. The molecule has 1 unspecified atom stereocenters. The smallest absolute Gasteiger partial charge is 0.241 e. The van der Waals surface area contributed by atoms with Crippen molar-refractivity contribution in [1.82, 2.24) is 0 Å². The van der Waals surface area contributed by atoms with Crippen molar-refractivity contribution in [3.8, 4) is 0 Å². The van der Waals surface area contributed by atoms with E-state index in [9.17, 15) is 20.0 Å². The van der Waals surface area contributed by atoms with E-state index in [0.29, 0.717) is 25.7 Å². The maximum absolute atomic E-state index is 14.2. The molecular weight excluding hydrogens is 452 g/mol. The van der Waals surface area contributed by atoms with Gasteiger partial charge in [-0.1, -0.05) is 90.5 Å². The van der Waals surface area contributed by atoms with Crippen molar-refractivity contribution >= 4 is 28.8 Å². The fourth-order valence-corrected chi connectivity index (χ4v) is 6.52. The summed E-state index contributed by atoms with van der Waals surface area (Å²) < 4.78 is 0. The number of rotatable bonds is 4. The number of anilines is 1. The molecule has 3 atom stereocenters. The molecule has 2 N–H and O–H groups in total. The average molecular weight is 479 g/mol. The number of quaternary nitrogens is 1. The summed E-state index contributed by atoms with van der Waals surface area (Å²) in [4.78, 5) is 29.6. The predicted molar refractivity (Wildman–Crippen MR) is 136 cm³/mol. The molecule has 0 aromatic heterocycles. The zero-order valence-electron chi connectivity index (χ0n) is 19.7. The number of hydrogen-bond acceptors (Lipinski definition) is 4. The Kier molecular flexibility index (Phi) is 5.26. The van der Waals surface area contributed by atoms with Gasteiger partial charge in [0.25, 0.3) is 0 Å². The van der Waals surface area contributed by atoms with E-state index in [-0.39, 0.29) is 23.2 Å². The molecular formula is C30H26N2O4. The number of nitrogens with zero attached hydrogens (tertiary/aromatic N) is 1.